The predicted octanol–water partition coefficient (Wildman–Crippen LogP) is 4.62. The highest BCUT2D eigenvalue weighted by Crippen LogP contribution is 2.23. The van der Waals surface area contributed by atoms with E-state index in [2.05, 4.69) is 25.9 Å². The molecule has 0 unspecified atom stereocenters. The molecule has 3 nitrogen and oxygen atoms in total. The third-order valence-corrected chi connectivity index (χ3v) is 3.59. The fourth-order valence-corrected chi connectivity index (χ4v) is 2.41. The van der Waals surface area contributed by atoms with Crippen LogP contribution in [0.3, 0.4) is 0 Å². The summed E-state index contributed by atoms with van der Waals surface area (Å²) in [5.74, 6) is 0.684. The van der Waals surface area contributed by atoms with Crippen LogP contribution in [-0.2, 0) is 6.61 Å². The predicted molar refractivity (Wildman–Crippen MR) is 83.0 cm³/mol. The van der Waals surface area contributed by atoms with Crippen LogP contribution in [0.2, 0.25) is 5.15 Å². The average Bonchev–Trinajstić information content (AvgIpc) is 2.45. The topological polar surface area (TPSA) is 35.0 Å². The van der Waals surface area contributed by atoms with Crippen molar-refractivity contribution in [1.29, 1.82) is 0 Å². The van der Waals surface area contributed by atoms with Gasteiger partial charge in [-0.1, -0.05) is 29.8 Å². The van der Waals surface area contributed by atoms with Crippen LogP contribution in [0.5, 0.6) is 5.75 Å². The van der Waals surface area contributed by atoms with E-state index in [0.717, 1.165) is 20.9 Å². The minimum absolute atomic E-state index is 0.356. The Hall–Kier alpha value is -1.65. The maximum atomic E-state index is 6.18. The van der Waals surface area contributed by atoms with Gasteiger partial charge < -0.3 is 4.74 Å². The Labute approximate surface area is 129 Å². The van der Waals surface area contributed by atoms with Crippen LogP contribution >= 0.6 is 27.5 Å². The zero-order valence-electron chi connectivity index (χ0n) is 10.4. The summed E-state index contributed by atoms with van der Waals surface area (Å²) < 4.78 is 6.56. The van der Waals surface area contributed by atoms with Crippen LogP contribution in [0.1, 0.15) is 5.56 Å². The Bertz CT molecular complexity index is 764. The van der Waals surface area contributed by atoms with Gasteiger partial charge in [-0.3, -0.25) is 4.98 Å². The van der Waals surface area contributed by atoms with E-state index in [1.165, 1.54) is 0 Å². The first-order valence-electron chi connectivity index (χ1n) is 6.00. The summed E-state index contributed by atoms with van der Waals surface area (Å²) in [5, 5.41) is 1.51. The SMILES string of the molecule is Clc1nc2ccccc2cc1COc1cncc(Br)c1. The lowest BCUT2D eigenvalue weighted by atomic mass is 10.2. The largest absolute Gasteiger partial charge is 0.487 e. The smallest absolute Gasteiger partial charge is 0.139 e. The quantitative estimate of drug-likeness (QED) is 0.647. The monoisotopic (exact) mass is 348 g/mol. The molecule has 3 aromatic rings. The number of halogens is 2. The van der Waals surface area contributed by atoms with Gasteiger partial charge in [0, 0.05) is 21.6 Å². The second kappa shape index (κ2) is 5.77. The number of benzene rings is 1. The Morgan fingerprint density at radius 1 is 1.15 bits per heavy atom. The summed E-state index contributed by atoms with van der Waals surface area (Å²) in [7, 11) is 0. The van der Waals surface area contributed by atoms with E-state index in [0.29, 0.717) is 17.5 Å². The van der Waals surface area contributed by atoms with Gasteiger partial charge in [0.25, 0.3) is 0 Å². The molecule has 2 aromatic heterocycles. The maximum absolute atomic E-state index is 6.18. The Kier molecular flexibility index (Phi) is 3.85. The molecule has 0 bridgehead atoms. The first kappa shape index (κ1) is 13.3. The third kappa shape index (κ3) is 2.92. The van der Waals surface area contributed by atoms with Crippen molar-refractivity contribution in [3.8, 4) is 5.75 Å². The Morgan fingerprint density at radius 2 is 2.00 bits per heavy atom. The number of pyridine rings is 2. The highest BCUT2D eigenvalue weighted by Gasteiger charge is 2.06. The zero-order valence-corrected chi connectivity index (χ0v) is 12.7. The molecule has 0 aliphatic heterocycles. The maximum Gasteiger partial charge on any atom is 0.139 e. The van der Waals surface area contributed by atoms with Gasteiger partial charge in [0.15, 0.2) is 0 Å². The number of fused-ring (bicyclic) bond motifs is 1. The summed E-state index contributed by atoms with van der Waals surface area (Å²) in [6, 6.07) is 11.7. The van der Waals surface area contributed by atoms with E-state index in [4.69, 9.17) is 16.3 Å². The lowest BCUT2D eigenvalue weighted by Gasteiger charge is -2.08. The van der Waals surface area contributed by atoms with Crippen LogP contribution < -0.4 is 4.74 Å². The van der Waals surface area contributed by atoms with Gasteiger partial charge in [0.2, 0.25) is 0 Å². The fourth-order valence-electron chi connectivity index (χ4n) is 1.87. The standard InChI is InChI=1S/C15H10BrClN2O/c16-12-6-13(8-18-7-12)20-9-11-5-10-3-1-2-4-14(10)19-15(11)17/h1-8H,9H2. The molecule has 1 aromatic carbocycles. The van der Waals surface area contributed by atoms with Gasteiger partial charge >= 0.3 is 0 Å². The number of hydrogen-bond donors (Lipinski definition) is 0. The van der Waals surface area contributed by atoms with E-state index in [1.54, 1.807) is 12.4 Å². The van der Waals surface area contributed by atoms with E-state index in [-0.39, 0.29) is 0 Å². The van der Waals surface area contributed by atoms with Crippen LogP contribution in [-0.4, -0.2) is 9.97 Å². The second-order valence-corrected chi connectivity index (χ2v) is 5.53. The number of ether oxygens (including phenoxy) is 1. The highest BCUT2D eigenvalue weighted by molar-refractivity contribution is 9.10. The Balaban J connectivity index is 1.85. The lowest BCUT2D eigenvalue weighted by Crippen LogP contribution is -1.98. The molecular weight excluding hydrogens is 340 g/mol. The lowest BCUT2D eigenvalue weighted by molar-refractivity contribution is 0.304. The number of rotatable bonds is 3. The molecule has 0 amide bonds. The van der Waals surface area contributed by atoms with Crippen molar-refractivity contribution in [2.24, 2.45) is 0 Å². The molecule has 5 heteroatoms. The number of nitrogens with zero attached hydrogens (tertiary/aromatic N) is 2. The first-order valence-corrected chi connectivity index (χ1v) is 7.17. The summed E-state index contributed by atoms with van der Waals surface area (Å²) in [6.45, 7) is 0.356. The van der Waals surface area contributed by atoms with Gasteiger partial charge in [0.05, 0.1) is 11.7 Å². The molecule has 0 aliphatic rings. The van der Waals surface area contributed by atoms with E-state index < -0.39 is 0 Å². The average molecular weight is 350 g/mol. The molecule has 2 heterocycles. The minimum Gasteiger partial charge on any atom is -0.487 e. The molecular formula is C15H10BrClN2O. The van der Waals surface area contributed by atoms with Crippen molar-refractivity contribution in [2.45, 2.75) is 6.61 Å². The van der Waals surface area contributed by atoms with Gasteiger partial charge in [-0.2, -0.15) is 0 Å². The summed E-state index contributed by atoms with van der Waals surface area (Å²) >= 11 is 9.54. The van der Waals surface area contributed by atoms with E-state index in [9.17, 15) is 0 Å². The van der Waals surface area contributed by atoms with Gasteiger partial charge in [-0.25, -0.2) is 4.98 Å². The summed E-state index contributed by atoms with van der Waals surface area (Å²) in [4.78, 5) is 8.41. The zero-order chi connectivity index (χ0) is 13.9. The molecule has 0 spiro atoms. The van der Waals surface area contributed by atoms with Gasteiger partial charge in [-0.15, -0.1) is 0 Å². The minimum atomic E-state index is 0.356. The molecule has 0 N–H and O–H groups in total. The van der Waals surface area contributed by atoms with Crippen molar-refractivity contribution >= 4 is 38.4 Å². The molecule has 0 aliphatic carbocycles. The molecule has 0 saturated heterocycles. The summed E-state index contributed by atoms with van der Waals surface area (Å²) in [6.07, 6.45) is 3.37. The van der Waals surface area contributed by atoms with Crippen molar-refractivity contribution < 1.29 is 4.74 Å². The molecule has 100 valence electrons. The highest BCUT2D eigenvalue weighted by atomic mass is 79.9. The summed E-state index contributed by atoms with van der Waals surface area (Å²) in [5.41, 5.74) is 1.73. The van der Waals surface area contributed by atoms with Crippen LogP contribution in [0.25, 0.3) is 10.9 Å². The Morgan fingerprint density at radius 3 is 2.85 bits per heavy atom. The molecule has 0 atom stereocenters. The molecule has 0 radical (unpaired) electrons. The number of hydrogen-bond acceptors (Lipinski definition) is 3. The number of para-hydroxylation sites is 1. The van der Waals surface area contributed by atoms with Crippen molar-refractivity contribution in [1.82, 2.24) is 9.97 Å². The fraction of sp³-hybridized carbons (Fsp3) is 0.0667. The van der Waals surface area contributed by atoms with E-state index >= 15 is 0 Å². The van der Waals surface area contributed by atoms with Crippen LogP contribution in [0.15, 0.2) is 53.3 Å². The molecule has 3 rings (SSSR count). The van der Waals surface area contributed by atoms with Crippen LogP contribution in [0.4, 0.5) is 0 Å². The van der Waals surface area contributed by atoms with Crippen molar-refractivity contribution in [3.05, 3.63) is 64.0 Å². The second-order valence-electron chi connectivity index (χ2n) is 4.26. The van der Waals surface area contributed by atoms with Gasteiger partial charge in [-0.05, 0) is 34.1 Å². The van der Waals surface area contributed by atoms with Gasteiger partial charge in [0.1, 0.15) is 17.5 Å². The molecule has 0 saturated carbocycles. The normalized spacial score (nSPS) is 10.7. The first-order chi connectivity index (χ1) is 9.72. The molecule has 20 heavy (non-hydrogen) atoms. The van der Waals surface area contributed by atoms with E-state index in [1.807, 2.05) is 36.4 Å². The van der Waals surface area contributed by atoms with Crippen molar-refractivity contribution in [3.63, 3.8) is 0 Å². The molecule has 0 fully saturated rings. The van der Waals surface area contributed by atoms with Crippen LogP contribution in [0, 0.1) is 0 Å². The van der Waals surface area contributed by atoms with Crippen molar-refractivity contribution in [2.75, 3.05) is 0 Å². The third-order valence-electron chi connectivity index (χ3n) is 2.82. The number of aromatic nitrogens is 2.